The van der Waals surface area contributed by atoms with E-state index in [0.717, 1.165) is 11.1 Å². The first-order chi connectivity index (χ1) is 16.5. The number of guanidine groups is 1. The fraction of sp³-hybridized carbons (Fsp3) is 0.192. The number of nitrogens with one attached hydrogen (secondary N) is 2. The van der Waals surface area contributed by atoms with Gasteiger partial charge in [0, 0.05) is 18.8 Å². The fourth-order valence-electron chi connectivity index (χ4n) is 4.00. The van der Waals surface area contributed by atoms with Gasteiger partial charge in [-0.2, -0.15) is 0 Å². The molecule has 1 aliphatic rings. The van der Waals surface area contributed by atoms with Crippen molar-refractivity contribution in [3.8, 4) is 0 Å². The van der Waals surface area contributed by atoms with E-state index in [2.05, 4.69) is 15.6 Å². The average molecular weight is 460 g/mol. The lowest BCUT2D eigenvalue weighted by Gasteiger charge is -2.27. The Morgan fingerprint density at radius 1 is 0.912 bits per heavy atom. The third-order valence-corrected chi connectivity index (χ3v) is 5.69. The van der Waals surface area contributed by atoms with E-state index in [4.69, 9.17) is 5.73 Å². The maximum Gasteiger partial charge on any atom is 0.319 e. The number of halogens is 1. The van der Waals surface area contributed by atoms with Crippen LogP contribution in [0.25, 0.3) is 0 Å². The number of hydrogen-bond donors (Lipinski definition) is 3. The number of anilines is 1. The number of rotatable bonds is 8. The molecule has 0 saturated heterocycles. The number of benzene rings is 3. The second kappa shape index (κ2) is 10.2. The monoisotopic (exact) mass is 459 g/mol. The van der Waals surface area contributed by atoms with E-state index in [-0.39, 0.29) is 23.7 Å². The maximum atomic E-state index is 13.7. The fourth-order valence-corrected chi connectivity index (χ4v) is 4.00. The van der Waals surface area contributed by atoms with Gasteiger partial charge in [-0.25, -0.2) is 14.2 Å². The zero-order chi connectivity index (χ0) is 24.0. The smallest absolute Gasteiger partial charge is 0.319 e. The van der Waals surface area contributed by atoms with Crippen LogP contribution in [0.1, 0.15) is 24.0 Å². The van der Waals surface area contributed by atoms with Gasteiger partial charge in [-0.05, 0) is 48.2 Å². The van der Waals surface area contributed by atoms with Crippen LogP contribution in [0, 0.1) is 5.82 Å². The van der Waals surface area contributed by atoms with Crippen LogP contribution in [0.15, 0.2) is 89.9 Å². The molecule has 34 heavy (non-hydrogen) atoms. The van der Waals surface area contributed by atoms with Gasteiger partial charge in [0.1, 0.15) is 5.82 Å². The molecule has 0 spiro atoms. The Bertz CT molecular complexity index is 1130. The molecule has 0 atom stereocenters. The molecule has 0 aliphatic carbocycles. The summed E-state index contributed by atoms with van der Waals surface area (Å²) < 4.78 is 13.0. The van der Waals surface area contributed by atoms with Gasteiger partial charge in [0.25, 0.3) is 5.91 Å². The van der Waals surface area contributed by atoms with Gasteiger partial charge in [-0.15, -0.1) is 0 Å². The lowest BCUT2D eigenvalue weighted by Crippen LogP contribution is -2.44. The van der Waals surface area contributed by atoms with Crippen LogP contribution < -0.4 is 16.4 Å². The molecular weight excluding hydrogens is 433 g/mol. The Hall–Kier alpha value is -4.20. The number of carbonyl (C=O) groups is 2. The summed E-state index contributed by atoms with van der Waals surface area (Å²) in [5, 5.41) is 5.39. The molecule has 0 unspecified atom stereocenters. The van der Waals surface area contributed by atoms with E-state index in [1.54, 1.807) is 0 Å². The molecule has 1 heterocycles. The van der Waals surface area contributed by atoms with Crippen molar-refractivity contribution >= 4 is 23.6 Å². The highest BCUT2D eigenvalue weighted by atomic mass is 19.1. The Labute approximate surface area is 197 Å². The van der Waals surface area contributed by atoms with Gasteiger partial charge in [0.2, 0.25) is 0 Å². The van der Waals surface area contributed by atoms with Crippen molar-refractivity contribution in [2.24, 2.45) is 10.7 Å². The summed E-state index contributed by atoms with van der Waals surface area (Å²) in [7, 11) is 0. The van der Waals surface area contributed by atoms with Crippen LogP contribution in [0.4, 0.5) is 14.9 Å². The standard InChI is InChI=1S/C26H26FN5O2/c27-21-13-15-22(16-14-21)30-25(34)29-17-7-8-18-32-23(33)26(31-24(32)28,19-9-3-1-4-10-19)20-11-5-2-6-12-20/h1-6,9-16H,7-8,17-18H2,(H2,28,31)(H2,29,30,34). The summed E-state index contributed by atoms with van der Waals surface area (Å²) >= 11 is 0. The van der Waals surface area contributed by atoms with Crippen molar-refractivity contribution in [3.63, 3.8) is 0 Å². The van der Waals surface area contributed by atoms with Crippen molar-refractivity contribution in [2.45, 2.75) is 18.4 Å². The molecule has 3 aromatic rings. The summed E-state index contributed by atoms with van der Waals surface area (Å²) in [5.74, 6) is -0.377. The molecule has 0 aromatic heterocycles. The summed E-state index contributed by atoms with van der Waals surface area (Å²) in [5.41, 5.74) is 7.04. The number of amides is 3. The Morgan fingerprint density at radius 3 is 2.09 bits per heavy atom. The van der Waals surface area contributed by atoms with E-state index in [0.29, 0.717) is 31.6 Å². The van der Waals surface area contributed by atoms with Crippen LogP contribution in [-0.2, 0) is 10.3 Å². The van der Waals surface area contributed by atoms with Crippen molar-refractivity contribution < 1.29 is 14.0 Å². The van der Waals surface area contributed by atoms with Crippen LogP contribution >= 0.6 is 0 Å². The van der Waals surface area contributed by atoms with Gasteiger partial charge in [0.05, 0.1) is 0 Å². The molecule has 4 rings (SSSR count). The van der Waals surface area contributed by atoms with E-state index >= 15 is 0 Å². The number of nitrogens with zero attached hydrogens (tertiary/aromatic N) is 2. The van der Waals surface area contributed by atoms with Crippen LogP contribution in [0.2, 0.25) is 0 Å². The van der Waals surface area contributed by atoms with Crippen molar-refractivity contribution in [1.82, 2.24) is 10.2 Å². The minimum absolute atomic E-state index is 0.180. The SMILES string of the molecule is NC1=NC(c2ccccc2)(c2ccccc2)C(=O)N1CCCCNC(=O)Nc1ccc(F)cc1. The highest BCUT2D eigenvalue weighted by Gasteiger charge is 2.50. The van der Waals surface area contributed by atoms with Crippen LogP contribution in [-0.4, -0.2) is 35.9 Å². The second-order valence-electron chi connectivity index (χ2n) is 7.96. The van der Waals surface area contributed by atoms with Gasteiger partial charge in [-0.3, -0.25) is 9.69 Å². The number of urea groups is 1. The molecule has 7 nitrogen and oxygen atoms in total. The van der Waals surface area contributed by atoms with Gasteiger partial charge < -0.3 is 16.4 Å². The molecule has 0 fully saturated rings. The van der Waals surface area contributed by atoms with E-state index in [9.17, 15) is 14.0 Å². The highest BCUT2D eigenvalue weighted by molar-refractivity contribution is 6.09. The Morgan fingerprint density at radius 2 is 1.50 bits per heavy atom. The summed E-state index contributed by atoms with van der Waals surface area (Å²) in [4.78, 5) is 31.8. The van der Waals surface area contributed by atoms with Gasteiger partial charge in [-0.1, -0.05) is 60.7 Å². The van der Waals surface area contributed by atoms with E-state index < -0.39 is 5.54 Å². The van der Waals surface area contributed by atoms with Crippen LogP contribution in [0.5, 0.6) is 0 Å². The molecule has 4 N–H and O–H groups in total. The van der Waals surface area contributed by atoms with E-state index in [1.807, 2.05) is 60.7 Å². The second-order valence-corrected chi connectivity index (χ2v) is 7.96. The first-order valence-electron chi connectivity index (χ1n) is 11.1. The number of hydrogen-bond acceptors (Lipinski definition) is 4. The van der Waals surface area contributed by atoms with Crippen molar-refractivity contribution in [1.29, 1.82) is 0 Å². The Balaban J connectivity index is 1.35. The highest BCUT2D eigenvalue weighted by Crippen LogP contribution is 2.39. The van der Waals surface area contributed by atoms with E-state index in [1.165, 1.54) is 29.2 Å². The predicted molar refractivity (Wildman–Crippen MR) is 130 cm³/mol. The normalized spacial score (nSPS) is 14.6. The maximum absolute atomic E-state index is 13.7. The molecule has 0 saturated carbocycles. The van der Waals surface area contributed by atoms with Gasteiger partial charge >= 0.3 is 6.03 Å². The largest absolute Gasteiger partial charge is 0.369 e. The van der Waals surface area contributed by atoms with Crippen LogP contribution in [0.3, 0.4) is 0 Å². The average Bonchev–Trinajstić information content (AvgIpc) is 3.12. The number of unbranched alkanes of at least 4 members (excludes halogenated alkanes) is 1. The molecule has 1 aliphatic heterocycles. The van der Waals surface area contributed by atoms with Crippen molar-refractivity contribution in [3.05, 3.63) is 102 Å². The zero-order valence-electron chi connectivity index (χ0n) is 18.6. The molecule has 8 heteroatoms. The molecule has 174 valence electrons. The minimum atomic E-state index is -1.21. The minimum Gasteiger partial charge on any atom is -0.369 e. The number of nitrogens with two attached hydrogens (primary N) is 1. The molecule has 3 aromatic carbocycles. The number of aliphatic imine (C=N–C) groups is 1. The topological polar surface area (TPSA) is 99.8 Å². The lowest BCUT2D eigenvalue weighted by atomic mass is 9.83. The molecule has 0 radical (unpaired) electrons. The first kappa shape index (κ1) is 23.0. The van der Waals surface area contributed by atoms with Crippen molar-refractivity contribution in [2.75, 3.05) is 18.4 Å². The third-order valence-electron chi connectivity index (χ3n) is 5.69. The lowest BCUT2D eigenvalue weighted by molar-refractivity contribution is -0.130. The predicted octanol–water partition coefficient (Wildman–Crippen LogP) is 3.83. The summed E-state index contributed by atoms with van der Waals surface area (Å²) in [6, 6.07) is 24.0. The summed E-state index contributed by atoms with van der Waals surface area (Å²) in [6.07, 6.45) is 1.26. The molecule has 0 bridgehead atoms. The number of carbonyl (C=O) groups excluding carboxylic acids is 2. The zero-order valence-corrected chi connectivity index (χ0v) is 18.6. The quantitative estimate of drug-likeness (QED) is 0.447. The molecular formula is C26H26FN5O2. The first-order valence-corrected chi connectivity index (χ1v) is 11.1. The third kappa shape index (κ3) is 4.76. The Kier molecular flexibility index (Phi) is 6.87. The summed E-state index contributed by atoms with van der Waals surface area (Å²) in [6.45, 7) is 0.797. The molecule has 3 amide bonds. The van der Waals surface area contributed by atoms with Gasteiger partial charge in [0.15, 0.2) is 11.5 Å².